The van der Waals surface area contributed by atoms with Crippen LogP contribution in [0.15, 0.2) is 12.1 Å². The highest BCUT2D eigenvalue weighted by Gasteiger charge is 2.30. The van der Waals surface area contributed by atoms with Crippen molar-refractivity contribution >= 4 is 5.97 Å². The molecule has 3 nitrogen and oxygen atoms in total. The standard InChI is InChI=1S/C16H24O3/c1-10-7-11(14(18)19)8-12(13(10)17)16(5,6)9-15(2,3)4/h7-8,17H,9H2,1-6H3,(H,18,19). The van der Waals surface area contributed by atoms with E-state index < -0.39 is 5.97 Å². The Balaban J connectivity index is 3.36. The Morgan fingerprint density at radius 1 is 1.16 bits per heavy atom. The molecule has 0 radical (unpaired) electrons. The Hall–Kier alpha value is -1.51. The molecule has 0 saturated heterocycles. The van der Waals surface area contributed by atoms with Gasteiger partial charge in [0.15, 0.2) is 0 Å². The summed E-state index contributed by atoms with van der Waals surface area (Å²) in [5.41, 5.74) is 1.37. The Labute approximate surface area is 115 Å². The number of aromatic carboxylic acids is 1. The average molecular weight is 264 g/mol. The van der Waals surface area contributed by atoms with E-state index in [1.165, 1.54) is 6.07 Å². The van der Waals surface area contributed by atoms with Crippen molar-refractivity contribution in [3.8, 4) is 5.75 Å². The van der Waals surface area contributed by atoms with Crippen LogP contribution < -0.4 is 0 Å². The minimum absolute atomic E-state index is 0.100. The van der Waals surface area contributed by atoms with Gasteiger partial charge in [-0.05, 0) is 41.9 Å². The molecule has 0 aromatic heterocycles. The summed E-state index contributed by atoms with van der Waals surface area (Å²) in [6.07, 6.45) is 0.857. The summed E-state index contributed by atoms with van der Waals surface area (Å²) >= 11 is 0. The quantitative estimate of drug-likeness (QED) is 0.863. The zero-order valence-electron chi connectivity index (χ0n) is 12.7. The first-order valence-corrected chi connectivity index (χ1v) is 6.51. The minimum Gasteiger partial charge on any atom is -0.507 e. The molecule has 1 rings (SSSR count). The molecule has 0 saturated carbocycles. The van der Waals surface area contributed by atoms with Gasteiger partial charge in [-0.25, -0.2) is 4.79 Å². The number of hydrogen-bond acceptors (Lipinski definition) is 2. The zero-order chi connectivity index (χ0) is 15.0. The maximum Gasteiger partial charge on any atom is 0.335 e. The molecule has 0 bridgehead atoms. The van der Waals surface area contributed by atoms with Gasteiger partial charge in [0, 0.05) is 5.56 Å². The number of aromatic hydroxyl groups is 1. The van der Waals surface area contributed by atoms with Crippen molar-refractivity contribution in [2.24, 2.45) is 5.41 Å². The molecule has 0 aliphatic carbocycles. The van der Waals surface area contributed by atoms with Crippen LogP contribution in [0, 0.1) is 12.3 Å². The summed E-state index contributed by atoms with van der Waals surface area (Å²) in [5, 5.41) is 19.4. The second-order valence-corrected chi connectivity index (χ2v) is 7.12. The van der Waals surface area contributed by atoms with E-state index in [4.69, 9.17) is 5.11 Å². The molecule has 2 N–H and O–H groups in total. The molecule has 0 amide bonds. The Bertz CT molecular complexity index is 493. The number of benzene rings is 1. The molecule has 0 atom stereocenters. The topological polar surface area (TPSA) is 57.5 Å². The molecule has 3 heteroatoms. The summed E-state index contributed by atoms with van der Waals surface area (Å²) in [7, 11) is 0. The van der Waals surface area contributed by atoms with Gasteiger partial charge in [0.2, 0.25) is 0 Å². The summed E-state index contributed by atoms with van der Waals surface area (Å²) in [5.74, 6) is -0.754. The first kappa shape index (κ1) is 15.5. The summed E-state index contributed by atoms with van der Waals surface area (Å²) in [6, 6.07) is 3.10. The van der Waals surface area contributed by atoms with Gasteiger partial charge >= 0.3 is 5.97 Å². The van der Waals surface area contributed by atoms with Crippen molar-refractivity contribution in [2.75, 3.05) is 0 Å². The second kappa shape index (κ2) is 4.87. The molecular weight excluding hydrogens is 240 g/mol. The highest BCUT2D eigenvalue weighted by molar-refractivity contribution is 5.88. The number of rotatable bonds is 3. The molecule has 1 aromatic carbocycles. The van der Waals surface area contributed by atoms with E-state index in [1.807, 2.05) is 13.8 Å². The van der Waals surface area contributed by atoms with Crippen LogP contribution in [0.25, 0.3) is 0 Å². The maximum absolute atomic E-state index is 11.1. The lowest BCUT2D eigenvalue weighted by Crippen LogP contribution is -2.25. The van der Waals surface area contributed by atoms with E-state index in [1.54, 1.807) is 13.0 Å². The van der Waals surface area contributed by atoms with Crippen LogP contribution >= 0.6 is 0 Å². The molecule has 0 fully saturated rings. The number of phenols is 1. The minimum atomic E-state index is -0.962. The fraction of sp³-hybridized carbons (Fsp3) is 0.562. The van der Waals surface area contributed by atoms with E-state index in [0.717, 1.165) is 6.42 Å². The number of phenolic OH excluding ortho intramolecular Hbond substituents is 1. The fourth-order valence-electron chi connectivity index (χ4n) is 2.84. The van der Waals surface area contributed by atoms with Gasteiger partial charge in [-0.1, -0.05) is 34.6 Å². The van der Waals surface area contributed by atoms with Crippen molar-refractivity contribution < 1.29 is 15.0 Å². The van der Waals surface area contributed by atoms with Crippen LogP contribution in [0.4, 0.5) is 0 Å². The molecule has 19 heavy (non-hydrogen) atoms. The molecule has 106 valence electrons. The van der Waals surface area contributed by atoms with Gasteiger partial charge in [-0.3, -0.25) is 0 Å². The highest BCUT2D eigenvalue weighted by Crippen LogP contribution is 2.41. The third-order valence-electron chi connectivity index (χ3n) is 3.25. The van der Waals surface area contributed by atoms with Crippen LogP contribution in [-0.4, -0.2) is 16.2 Å². The van der Waals surface area contributed by atoms with Gasteiger partial charge in [-0.15, -0.1) is 0 Å². The van der Waals surface area contributed by atoms with Crippen molar-refractivity contribution in [3.05, 3.63) is 28.8 Å². The molecule has 0 unspecified atom stereocenters. The lowest BCUT2D eigenvalue weighted by Gasteiger charge is -2.33. The van der Waals surface area contributed by atoms with Gasteiger partial charge in [0.05, 0.1) is 5.56 Å². The monoisotopic (exact) mass is 264 g/mol. The Morgan fingerprint density at radius 2 is 1.68 bits per heavy atom. The van der Waals surface area contributed by atoms with Crippen LogP contribution in [0.5, 0.6) is 5.75 Å². The first-order valence-electron chi connectivity index (χ1n) is 6.51. The van der Waals surface area contributed by atoms with E-state index in [0.29, 0.717) is 11.1 Å². The van der Waals surface area contributed by atoms with E-state index >= 15 is 0 Å². The molecule has 0 spiro atoms. The third kappa shape index (κ3) is 3.72. The molecular formula is C16H24O3. The average Bonchev–Trinajstić information content (AvgIpc) is 2.17. The van der Waals surface area contributed by atoms with Gasteiger partial charge in [-0.2, -0.15) is 0 Å². The third-order valence-corrected chi connectivity index (χ3v) is 3.25. The Kier molecular flexibility index (Phi) is 3.99. The smallest absolute Gasteiger partial charge is 0.335 e. The number of aryl methyl sites for hydroxylation is 1. The summed E-state index contributed by atoms with van der Waals surface area (Å²) in [4.78, 5) is 11.1. The number of carboxylic acids is 1. The number of carbonyl (C=O) groups is 1. The van der Waals surface area contributed by atoms with Crippen molar-refractivity contribution in [1.82, 2.24) is 0 Å². The SMILES string of the molecule is Cc1cc(C(=O)O)cc(C(C)(C)CC(C)(C)C)c1O. The normalized spacial score (nSPS) is 12.5. The second-order valence-electron chi connectivity index (χ2n) is 7.12. The van der Waals surface area contributed by atoms with Crippen LogP contribution in [0.1, 0.15) is 62.5 Å². The fourth-order valence-corrected chi connectivity index (χ4v) is 2.84. The van der Waals surface area contributed by atoms with Crippen molar-refractivity contribution in [3.63, 3.8) is 0 Å². The maximum atomic E-state index is 11.1. The lowest BCUT2D eigenvalue weighted by atomic mass is 9.71. The largest absolute Gasteiger partial charge is 0.507 e. The van der Waals surface area contributed by atoms with Crippen LogP contribution in [0.3, 0.4) is 0 Å². The number of hydrogen-bond donors (Lipinski definition) is 2. The molecule has 0 aliphatic heterocycles. The van der Waals surface area contributed by atoms with Crippen molar-refractivity contribution in [2.45, 2.75) is 53.4 Å². The molecule has 1 aromatic rings. The van der Waals surface area contributed by atoms with Gasteiger partial charge < -0.3 is 10.2 Å². The predicted molar refractivity (Wildman–Crippen MR) is 76.9 cm³/mol. The van der Waals surface area contributed by atoms with Gasteiger partial charge in [0.25, 0.3) is 0 Å². The molecule has 0 heterocycles. The molecule has 0 aliphatic rings. The first-order chi connectivity index (χ1) is 8.44. The van der Waals surface area contributed by atoms with Crippen LogP contribution in [0.2, 0.25) is 0 Å². The summed E-state index contributed by atoms with van der Waals surface area (Å²) < 4.78 is 0. The summed E-state index contributed by atoms with van der Waals surface area (Å²) in [6.45, 7) is 12.2. The van der Waals surface area contributed by atoms with E-state index in [2.05, 4.69) is 20.8 Å². The van der Waals surface area contributed by atoms with E-state index in [-0.39, 0.29) is 22.1 Å². The highest BCUT2D eigenvalue weighted by atomic mass is 16.4. The van der Waals surface area contributed by atoms with Crippen molar-refractivity contribution in [1.29, 1.82) is 0 Å². The lowest BCUT2D eigenvalue weighted by molar-refractivity contribution is 0.0696. The van der Waals surface area contributed by atoms with Gasteiger partial charge in [0.1, 0.15) is 5.75 Å². The number of carboxylic acid groups (broad SMARTS) is 1. The zero-order valence-corrected chi connectivity index (χ0v) is 12.7. The predicted octanol–water partition coefficient (Wildman–Crippen LogP) is 4.11. The Morgan fingerprint density at radius 3 is 2.11 bits per heavy atom. The van der Waals surface area contributed by atoms with E-state index in [9.17, 15) is 9.90 Å². The van der Waals surface area contributed by atoms with Crippen LogP contribution in [-0.2, 0) is 5.41 Å².